The number of halogens is 1. The van der Waals surface area contributed by atoms with Crippen LogP contribution in [0.2, 0.25) is 0 Å². The van der Waals surface area contributed by atoms with Crippen molar-refractivity contribution in [1.29, 1.82) is 0 Å². The van der Waals surface area contributed by atoms with Gasteiger partial charge in [-0.15, -0.1) is 0 Å². The smallest absolute Gasteiger partial charge is 0.289 e. The highest BCUT2D eigenvalue weighted by atomic mass is 79.9. The van der Waals surface area contributed by atoms with Crippen molar-refractivity contribution in [2.75, 3.05) is 41.7 Å². The lowest BCUT2D eigenvalue weighted by Gasteiger charge is -2.19. The Hall–Kier alpha value is -3.87. The van der Waals surface area contributed by atoms with E-state index in [2.05, 4.69) is 40.7 Å². The van der Waals surface area contributed by atoms with Crippen LogP contribution in [0.15, 0.2) is 41.3 Å². The molecule has 0 unspecified atom stereocenters. The molecule has 0 aliphatic carbocycles. The van der Waals surface area contributed by atoms with E-state index in [9.17, 15) is 20.2 Å². The maximum atomic E-state index is 10.6. The second-order valence-electron chi connectivity index (χ2n) is 9.33. The van der Waals surface area contributed by atoms with Gasteiger partial charge in [0.15, 0.2) is 0 Å². The monoisotopic (exact) mass is 600 g/mol. The third-order valence-electron chi connectivity index (χ3n) is 6.45. The number of nitrogens with zero attached hydrogens (tertiary/aromatic N) is 7. The summed E-state index contributed by atoms with van der Waals surface area (Å²) in [6.45, 7) is 9.93. The lowest BCUT2D eigenvalue weighted by molar-refractivity contribution is -0.385. The maximum Gasteiger partial charge on any atom is 0.289 e. The SMILES string of the molecule is Cc1ncc(N)cc1N1CCCC1.Cc1ncc([N+](=O)[O-])cc1Br.Cc1ncc([N+](=O)[O-])cc1N1CCCC1. The van der Waals surface area contributed by atoms with Crippen LogP contribution < -0.4 is 15.5 Å². The third kappa shape index (κ3) is 8.31. The number of hydrogen-bond donors (Lipinski definition) is 1. The van der Waals surface area contributed by atoms with E-state index in [0.29, 0.717) is 4.47 Å². The standard InChI is InChI=1S/C10H13N3O2.C10H15N3.C6H5BrN2O2/c1-8-10(12-4-2-3-5-12)6-9(7-11-8)13(14)15;1-8-10(6-9(11)7-12-8)13-4-2-3-5-13;1-4-6(7)2-5(3-8-4)9(10)11/h6-7H,2-5H2,1H3;6-7H,2-5,11H2,1H3;2-3H,1H3. The zero-order chi connectivity index (χ0) is 28.5. The van der Waals surface area contributed by atoms with E-state index in [1.165, 1.54) is 37.0 Å². The number of nitro groups is 2. The first-order valence-corrected chi connectivity index (χ1v) is 13.5. The second kappa shape index (κ2) is 13.8. The molecule has 3 aromatic rings. The maximum absolute atomic E-state index is 10.6. The van der Waals surface area contributed by atoms with Crippen molar-refractivity contribution in [3.05, 3.63) is 78.6 Å². The van der Waals surface area contributed by atoms with Gasteiger partial charge in [-0.1, -0.05) is 0 Å². The van der Waals surface area contributed by atoms with Gasteiger partial charge in [0.2, 0.25) is 0 Å². The van der Waals surface area contributed by atoms with Crippen LogP contribution in [0, 0.1) is 41.0 Å². The Bertz CT molecular complexity index is 1310. The van der Waals surface area contributed by atoms with Crippen molar-refractivity contribution in [3.63, 3.8) is 0 Å². The first kappa shape index (κ1) is 29.7. The van der Waals surface area contributed by atoms with Gasteiger partial charge in [0.05, 0.1) is 50.2 Å². The summed E-state index contributed by atoms with van der Waals surface area (Å²) in [5.41, 5.74) is 11.3. The van der Waals surface area contributed by atoms with Gasteiger partial charge in [0.25, 0.3) is 11.4 Å². The van der Waals surface area contributed by atoms with Gasteiger partial charge in [-0.3, -0.25) is 35.2 Å². The van der Waals surface area contributed by atoms with Gasteiger partial charge in [-0.2, -0.15) is 0 Å². The summed E-state index contributed by atoms with van der Waals surface area (Å²) in [4.78, 5) is 36.6. The summed E-state index contributed by atoms with van der Waals surface area (Å²) in [5.74, 6) is 0. The molecule has 5 rings (SSSR count). The lowest BCUT2D eigenvalue weighted by Crippen LogP contribution is -2.19. The molecule has 0 bridgehead atoms. The fourth-order valence-electron chi connectivity index (χ4n) is 4.30. The Morgan fingerprint density at radius 3 is 1.59 bits per heavy atom. The van der Waals surface area contributed by atoms with Crippen LogP contribution in [0.3, 0.4) is 0 Å². The highest BCUT2D eigenvalue weighted by Gasteiger charge is 2.18. The van der Waals surface area contributed by atoms with Gasteiger partial charge in [0.1, 0.15) is 12.4 Å². The highest BCUT2D eigenvalue weighted by molar-refractivity contribution is 9.10. The normalized spacial score (nSPS) is 14.3. The zero-order valence-corrected chi connectivity index (χ0v) is 23.9. The van der Waals surface area contributed by atoms with Crippen molar-refractivity contribution >= 4 is 44.4 Å². The number of hydrogen-bond acceptors (Lipinski definition) is 10. The molecular weight excluding hydrogens is 568 g/mol. The Balaban J connectivity index is 0.000000164. The number of rotatable bonds is 4. The zero-order valence-electron chi connectivity index (χ0n) is 22.3. The molecule has 0 saturated carbocycles. The van der Waals surface area contributed by atoms with Crippen LogP contribution in [-0.2, 0) is 0 Å². The number of nitrogens with two attached hydrogens (primary N) is 1. The van der Waals surface area contributed by atoms with E-state index in [1.54, 1.807) is 19.2 Å². The molecule has 0 aromatic carbocycles. The topological polar surface area (TPSA) is 157 Å². The van der Waals surface area contributed by atoms with Crippen LogP contribution in [0.5, 0.6) is 0 Å². The Kier molecular flexibility index (Phi) is 10.5. The molecule has 0 amide bonds. The largest absolute Gasteiger partial charge is 0.397 e. The van der Waals surface area contributed by atoms with Gasteiger partial charge < -0.3 is 15.5 Å². The quantitative estimate of drug-likeness (QED) is 0.298. The van der Waals surface area contributed by atoms with E-state index in [4.69, 9.17) is 5.73 Å². The summed E-state index contributed by atoms with van der Waals surface area (Å²) in [6, 6.07) is 5.07. The fourth-order valence-corrected chi connectivity index (χ4v) is 4.64. The number of aromatic nitrogens is 3. The Morgan fingerprint density at radius 2 is 1.13 bits per heavy atom. The van der Waals surface area contributed by atoms with E-state index in [-0.39, 0.29) is 11.4 Å². The van der Waals surface area contributed by atoms with Crippen LogP contribution in [0.25, 0.3) is 0 Å². The van der Waals surface area contributed by atoms with Crippen LogP contribution >= 0.6 is 15.9 Å². The minimum atomic E-state index is -0.475. The van der Waals surface area contributed by atoms with Gasteiger partial charge in [-0.25, -0.2) is 0 Å². The highest BCUT2D eigenvalue weighted by Crippen LogP contribution is 2.27. The van der Waals surface area contributed by atoms with E-state index in [0.717, 1.165) is 67.5 Å². The molecule has 2 aliphatic rings. The molecule has 208 valence electrons. The number of anilines is 3. The predicted molar refractivity (Wildman–Crippen MR) is 155 cm³/mol. The summed E-state index contributed by atoms with van der Waals surface area (Å²) >= 11 is 3.15. The van der Waals surface area contributed by atoms with Crippen molar-refractivity contribution in [2.24, 2.45) is 0 Å². The predicted octanol–water partition coefficient (Wildman–Crippen LogP) is 5.53. The Labute approximate surface area is 235 Å². The average molecular weight is 602 g/mol. The number of pyridine rings is 3. The first-order valence-electron chi connectivity index (χ1n) is 12.7. The van der Waals surface area contributed by atoms with E-state index < -0.39 is 9.85 Å². The Morgan fingerprint density at radius 1 is 0.718 bits per heavy atom. The van der Waals surface area contributed by atoms with Crippen LogP contribution in [0.1, 0.15) is 42.8 Å². The van der Waals surface area contributed by atoms with Crippen molar-refractivity contribution in [2.45, 2.75) is 46.5 Å². The molecule has 2 saturated heterocycles. The molecular formula is C26H33BrN8O4. The summed E-state index contributed by atoms with van der Waals surface area (Å²) < 4.78 is 0.659. The molecule has 0 spiro atoms. The number of aryl methyl sites for hydroxylation is 3. The molecule has 0 atom stereocenters. The first-order chi connectivity index (χ1) is 18.6. The van der Waals surface area contributed by atoms with E-state index in [1.807, 2.05) is 19.9 Å². The minimum absolute atomic E-state index is 0.00229. The van der Waals surface area contributed by atoms with Gasteiger partial charge in [0, 0.05) is 42.8 Å². The van der Waals surface area contributed by atoms with Gasteiger partial charge >= 0.3 is 0 Å². The number of nitrogen functional groups attached to an aromatic ring is 1. The third-order valence-corrected chi connectivity index (χ3v) is 7.26. The average Bonchev–Trinajstić information content (AvgIpc) is 3.63. The molecule has 2 aliphatic heterocycles. The fraction of sp³-hybridized carbons (Fsp3) is 0.423. The second-order valence-corrected chi connectivity index (χ2v) is 10.2. The molecule has 0 radical (unpaired) electrons. The summed E-state index contributed by atoms with van der Waals surface area (Å²) in [5, 5.41) is 20.8. The summed E-state index contributed by atoms with van der Waals surface area (Å²) in [7, 11) is 0. The van der Waals surface area contributed by atoms with Crippen molar-refractivity contribution in [1.82, 2.24) is 15.0 Å². The summed E-state index contributed by atoms with van der Waals surface area (Å²) in [6.07, 6.45) is 9.15. The van der Waals surface area contributed by atoms with Crippen LogP contribution in [-0.4, -0.2) is 51.0 Å². The van der Waals surface area contributed by atoms with E-state index >= 15 is 0 Å². The molecule has 2 N–H and O–H groups in total. The van der Waals surface area contributed by atoms with Crippen LogP contribution in [0.4, 0.5) is 28.4 Å². The molecule has 3 aromatic heterocycles. The lowest BCUT2D eigenvalue weighted by atomic mass is 10.2. The molecule has 12 nitrogen and oxygen atoms in total. The van der Waals surface area contributed by atoms with Crippen molar-refractivity contribution < 1.29 is 9.85 Å². The van der Waals surface area contributed by atoms with Crippen molar-refractivity contribution in [3.8, 4) is 0 Å². The molecule has 13 heteroatoms. The minimum Gasteiger partial charge on any atom is -0.397 e. The molecule has 2 fully saturated rings. The van der Waals surface area contributed by atoms with Gasteiger partial charge in [-0.05, 0) is 68.5 Å². The molecule has 5 heterocycles. The molecule has 39 heavy (non-hydrogen) atoms.